The number of carbonyl (C=O) groups is 3. The number of rotatable bonds is 7. The number of alkyl carbamates (subject to hydrolysis) is 1. The van der Waals surface area contributed by atoms with E-state index in [0.29, 0.717) is 0 Å². The van der Waals surface area contributed by atoms with Crippen LogP contribution in [0.3, 0.4) is 0 Å². The lowest BCUT2D eigenvalue weighted by Crippen LogP contribution is -2.54. The maximum absolute atomic E-state index is 12.3. The first kappa shape index (κ1) is 23.1. The third kappa shape index (κ3) is 5.19. The molecule has 2 aromatic carbocycles. The minimum atomic E-state index is -0.790. The third-order valence-corrected chi connectivity index (χ3v) is 5.43. The normalized spacial score (nSPS) is 14.0. The Bertz CT molecular complexity index is 946. The molecule has 0 fully saturated rings. The lowest BCUT2D eigenvalue weighted by Gasteiger charge is -2.22. The van der Waals surface area contributed by atoms with E-state index in [-0.39, 0.29) is 18.4 Å². The molecule has 0 bridgehead atoms. The number of hydrogen-bond donors (Lipinski definition) is 3. The highest BCUT2D eigenvalue weighted by Crippen LogP contribution is 2.44. The molecule has 2 atom stereocenters. The summed E-state index contributed by atoms with van der Waals surface area (Å²) in [4.78, 5) is 36.3. The fourth-order valence-corrected chi connectivity index (χ4v) is 3.86. The predicted molar refractivity (Wildman–Crippen MR) is 120 cm³/mol. The van der Waals surface area contributed by atoms with Crippen LogP contribution < -0.4 is 16.0 Å². The highest BCUT2D eigenvalue weighted by atomic mass is 16.5. The second-order valence-corrected chi connectivity index (χ2v) is 8.05. The molecule has 2 aromatic rings. The SMILES string of the molecule is COC(=O)[C@@H](NC(=O)N[C@H](C)NC(=O)OCC1c2ccccc2-c2ccccc21)C(C)C. The molecule has 0 saturated carbocycles. The zero-order valence-electron chi connectivity index (χ0n) is 18.7. The number of benzene rings is 2. The molecule has 1 aliphatic carbocycles. The van der Waals surface area contributed by atoms with E-state index < -0.39 is 30.3 Å². The van der Waals surface area contributed by atoms with E-state index >= 15 is 0 Å². The smallest absolute Gasteiger partial charge is 0.408 e. The van der Waals surface area contributed by atoms with Crippen LogP contribution in [0.5, 0.6) is 0 Å². The van der Waals surface area contributed by atoms with E-state index in [9.17, 15) is 14.4 Å². The molecule has 8 nitrogen and oxygen atoms in total. The number of urea groups is 1. The average molecular weight is 440 g/mol. The Morgan fingerprint density at radius 2 is 1.44 bits per heavy atom. The second-order valence-electron chi connectivity index (χ2n) is 8.05. The molecule has 32 heavy (non-hydrogen) atoms. The van der Waals surface area contributed by atoms with Crippen molar-refractivity contribution in [2.45, 2.75) is 38.9 Å². The first-order valence-corrected chi connectivity index (χ1v) is 10.6. The van der Waals surface area contributed by atoms with Gasteiger partial charge in [0.05, 0.1) is 7.11 Å². The van der Waals surface area contributed by atoms with E-state index in [1.165, 1.54) is 7.11 Å². The van der Waals surface area contributed by atoms with Gasteiger partial charge in [0.2, 0.25) is 0 Å². The molecule has 0 radical (unpaired) electrons. The van der Waals surface area contributed by atoms with Gasteiger partial charge in [-0.25, -0.2) is 14.4 Å². The number of ether oxygens (including phenoxy) is 2. The molecule has 0 aliphatic heterocycles. The Labute approximate surface area is 187 Å². The number of esters is 1. The first-order valence-electron chi connectivity index (χ1n) is 10.6. The van der Waals surface area contributed by atoms with Gasteiger partial charge in [0, 0.05) is 5.92 Å². The molecule has 3 amide bonds. The van der Waals surface area contributed by atoms with Crippen molar-refractivity contribution in [2.75, 3.05) is 13.7 Å². The van der Waals surface area contributed by atoms with Crippen LogP contribution in [0.2, 0.25) is 0 Å². The summed E-state index contributed by atoms with van der Waals surface area (Å²) in [5.74, 6) is -0.738. The third-order valence-electron chi connectivity index (χ3n) is 5.43. The van der Waals surface area contributed by atoms with Gasteiger partial charge in [-0.15, -0.1) is 0 Å². The van der Waals surface area contributed by atoms with E-state index in [1.54, 1.807) is 20.8 Å². The number of fused-ring (bicyclic) bond motifs is 3. The quantitative estimate of drug-likeness (QED) is 0.453. The Hall–Kier alpha value is -3.55. The van der Waals surface area contributed by atoms with Gasteiger partial charge >= 0.3 is 18.1 Å². The zero-order valence-corrected chi connectivity index (χ0v) is 18.7. The molecule has 0 aromatic heterocycles. The number of methoxy groups -OCH3 is 1. The highest BCUT2D eigenvalue weighted by molar-refractivity contribution is 5.84. The number of hydrogen-bond acceptors (Lipinski definition) is 5. The largest absolute Gasteiger partial charge is 0.467 e. The summed E-state index contributed by atoms with van der Waals surface area (Å²) in [7, 11) is 1.26. The van der Waals surface area contributed by atoms with Gasteiger partial charge < -0.3 is 25.4 Å². The fraction of sp³-hybridized carbons (Fsp3) is 0.375. The minimum Gasteiger partial charge on any atom is -0.467 e. The van der Waals surface area contributed by atoms with Crippen LogP contribution in [0.1, 0.15) is 37.8 Å². The van der Waals surface area contributed by atoms with Gasteiger partial charge in [-0.1, -0.05) is 62.4 Å². The summed E-state index contributed by atoms with van der Waals surface area (Å²) in [6.07, 6.45) is -1.36. The topological polar surface area (TPSA) is 106 Å². The van der Waals surface area contributed by atoms with Crippen molar-refractivity contribution >= 4 is 18.1 Å². The van der Waals surface area contributed by atoms with Gasteiger partial charge in [-0.05, 0) is 35.1 Å². The zero-order chi connectivity index (χ0) is 23.3. The number of nitrogens with one attached hydrogen (secondary N) is 3. The van der Waals surface area contributed by atoms with Crippen molar-refractivity contribution in [3.05, 3.63) is 59.7 Å². The molecule has 0 unspecified atom stereocenters. The summed E-state index contributed by atoms with van der Waals surface area (Å²) in [5.41, 5.74) is 4.53. The maximum atomic E-state index is 12.3. The van der Waals surface area contributed by atoms with Gasteiger partial charge in [0.1, 0.15) is 18.8 Å². The molecular formula is C24H29N3O5. The molecule has 1 aliphatic rings. The van der Waals surface area contributed by atoms with Crippen LogP contribution in [-0.4, -0.2) is 44.0 Å². The van der Waals surface area contributed by atoms with Crippen molar-refractivity contribution < 1.29 is 23.9 Å². The van der Waals surface area contributed by atoms with Crippen LogP contribution in [0, 0.1) is 5.92 Å². The van der Waals surface area contributed by atoms with Crippen LogP contribution in [0.25, 0.3) is 11.1 Å². The standard InChI is InChI=1S/C24H29N3O5/c1-14(2)21(22(28)31-4)27-23(29)25-15(3)26-24(30)32-13-20-18-11-7-5-9-16(18)17-10-6-8-12-19(17)20/h5-12,14-15,20-21H,13H2,1-4H3,(H,26,30)(H2,25,27,29)/t15-,21-/m0/s1. The Morgan fingerprint density at radius 3 is 1.97 bits per heavy atom. The highest BCUT2D eigenvalue weighted by Gasteiger charge is 2.29. The Morgan fingerprint density at radius 1 is 0.875 bits per heavy atom. The minimum absolute atomic E-state index is 0.0495. The van der Waals surface area contributed by atoms with Gasteiger partial charge in [-0.2, -0.15) is 0 Å². The van der Waals surface area contributed by atoms with Crippen molar-refractivity contribution in [1.29, 1.82) is 0 Å². The van der Waals surface area contributed by atoms with E-state index in [1.807, 2.05) is 36.4 Å². The van der Waals surface area contributed by atoms with Crippen molar-refractivity contribution in [3.8, 4) is 11.1 Å². The Balaban J connectivity index is 1.53. The molecule has 0 saturated heterocycles. The Kier molecular flexibility index (Phi) is 7.35. The second kappa shape index (κ2) is 10.2. The molecule has 3 rings (SSSR count). The molecule has 0 spiro atoms. The van der Waals surface area contributed by atoms with Crippen LogP contribution in [0.4, 0.5) is 9.59 Å². The molecule has 8 heteroatoms. The average Bonchev–Trinajstić information content (AvgIpc) is 3.09. The predicted octanol–water partition coefficient (Wildman–Crippen LogP) is 3.37. The van der Waals surface area contributed by atoms with Crippen LogP contribution in [0.15, 0.2) is 48.5 Å². The fourth-order valence-electron chi connectivity index (χ4n) is 3.86. The monoisotopic (exact) mass is 439 g/mol. The molecule has 0 heterocycles. The lowest BCUT2D eigenvalue weighted by molar-refractivity contribution is -0.144. The number of carbonyl (C=O) groups excluding carboxylic acids is 3. The maximum Gasteiger partial charge on any atom is 0.408 e. The van der Waals surface area contributed by atoms with Gasteiger partial charge in [0.25, 0.3) is 0 Å². The summed E-state index contributed by atoms with van der Waals surface area (Å²) in [5, 5.41) is 7.70. The van der Waals surface area contributed by atoms with Crippen LogP contribution >= 0.6 is 0 Å². The van der Waals surface area contributed by atoms with E-state index in [4.69, 9.17) is 9.47 Å². The van der Waals surface area contributed by atoms with E-state index in [2.05, 4.69) is 28.1 Å². The van der Waals surface area contributed by atoms with Gasteiger partial charge in [0.15, 0.2) is 0 Å². The summed E-state index contributed by atoms with van der Waals surface area (Å²) < 4.78 is 10.2. The van der Waals surface area contributed by atoms with Crippen molar-refractivity contribution in [1.82, 2.24) is 16.0 Å². The molecular weight excluding hydrogens is 410 g/mol. The van der Waals surface area contributed by atoms with E-state index in [0.717, 1.165) is 22.3 Å². The molecule has 170 valence electrons. The van der Waals surface area contributed by atoms with Crippen LogP contribution in [-0.2, 0) is 14.3 Å². The summed E-state index contributed by atoms with van der Waals surface area (Å²) in [6.45, 7) is 5.36. The van der Waals surface area contributed by atoms with Crippen molar-refractivity contribution in [2.24, 2.45) is 5.92 Å². The summed E-state index contributed by atoms with van der Waals surface area (Å²) in [6, 6.07) is 14.8. The first-order chi connectivity index (χ1) is 15.3. The number of amides is 3. The van der Waals surface area contributed by atoms with Crippen molar-refractivity contribution in [3.63, 3.8) is 0 Å². The molecule has 3 N–H and O–H groups in total. The lowest BCUT2D eigenvalue weighted by atomic mass is 9.98. The van der Waals surface area contributed by atoms with Gasteiger partial charge in [-0.3, -0.25) is 0 Å². The summed E-state index contributed by atoms with van der Waals surface area (Å²) >= 11 is 0.